The quantitative estimate of drug-likeness (QED) is 0.408. The molecule has 8 nitrogen and oxygen atoms in total. The highest BCUT2D eigenvalue weighted by Gasteiger charge is 2.13. The van der Waals surface area contributed by atoms with E-state index in [4.69, 9.17) is 23.4 Å². The maximum Gasteiger partial charge on any atom is 0.338 e. The van der Waals surface area contributed by atoms with Crippen molar-refractivity contribution in [2.75, 3.05) is 20.3 Å². The zero-order chi connectivity index (χ0) is 21.5. The molecule has 0 N–H and O–H groups in total. The number of rotatable bonds is 8. The second-order valence-corrected chi connectivity index (χ2v) is 6.26. The van der Waals surface area contributed by atoms with Crippen molar-refractivity contribution in [3.8, 4) is 17.2 Å². The van der Waals surface area contributed by atoms with Crippen LogP contribution in [0.25, 0.3) is 11.0 Å². The van der Waals surface area contributed by atoms with E-state index in [9.17, 15) is 14.4 Å². The molecule has 2 aromatic carbocycles. The Labute approximate surface area is 171 Å². The molecule has 1 aromatic heterocycles. The number of fused-ring (bicyclic) bond motifs is 1. The van der Waals surface area contributed by atoms with E-state index in [1.54, 1.807) is 24.3 Å². The van der Waals surface area contributed by atoms with Crippen LogP contribution in [-0.2, 0) is 14.3 Å². The summed E-state index contributed by atoms with van der Waals surface area (Å²) in [7, 11) is 1.38. The van der Waals surface area contributed by atoms with Gasteiger partial charge in [-0.3, -0.25) is 4.79 Å². The van der Waals surface area contributed by atoms with E-state index in [0.717, 1.165) is 6.42 Å². The van der Waals surface area contributed by atoms with Crippen molar-refractivity contribution < 1.29 is 33.0 Å². The summed E-state index contributed by atoms with van der Waals surface area (Å²) < 4.78 is 25.9. The lowest BCUT2D eigenvalue weighted by atomic mass is 10.2. The number of carbonyl (C=O) groups is 2. The molecule has 0 saturated heterocycles. The number of ether oxygens (including phenoxy) is 4. The van der Waals surface area contributed by atoms with Gasteiger partial charge in [-0.1, -0.05) is 6.92 Å². The highest BCUT2D eigenvalue weighted by Crippen LogP contribution is 2.24. The third kappa shape index (κ3) is 5.03. The Morgan fingerprint density at radius 3 is 2.47 bits per heavy atom. The minimum atomic E-state index is -0.568. The van der Waals surface area contributed by atoms with Crippen LogP contribution in [-0.4, -0.2) is 32.3 Å². The number of methoxy groups -OCH3 is 1. The molecular weight excluding hydrogens is 392 g/mol. The second-order valence-electron chi connectivity index (χ2n) is 6.26. The minimum Gasteiger partial charge on any atom is -0.462 e. The highest BCUT2D eigenvalue weighted by molar-refractivity contribution is 5.89. The van der Waals surface area contributed by atoms with E-state index >= 15 is 0 Å². The Morgan fingerprint density at radius 2 is 1.77 bits per heavy atom. The molecule has 0 atom stereocenters. The predicted octanol–water partition coefficient (Wildman–Crippen LogP) is 3.70. The molecule has 0 amide bonds. The van der Waals surface area contributed by atoms with E-state index in [1.807, 2.05) is 6.92 Å². The van der Waals surface area contributed by atoms with Crippen LogP contribution in [0.5, 0.6) is 17.2 Å². The first-order valence-electron chi connectivity index (χ1n) is 9.22. The van der Waals surface area contributed by atoms with E-state index in [1.165, 1.54) is 31.6 Å². The maximum absolute atomic E-state index is 12.7. The Hall–Kier alpha value is -3.65. The fourth-order valence-electron chi connectivity index (χ4n) is 2.57. The molecule has 30 heavy (non-hydrogen) atoms. The van der Waals surface area contributed by atoms with Crippen molar-refractivity contribution in [3.63, 3.8) is 0 Å². The van der Waals surface area contributed by atoms with Gasteiger partial charge >= 0.3 is 11.9 Å². The van der Waals surface area contributed by atoms with Crippen molar-refractivity contribution in [2.45, 2.75) is 13.3 Å². The van der Waals surface area contributed by atoms with Crippen molar-refractivity contribution in [1.82, 2.24) is 0 Å². The van der Waals surface area contributed by atoms with Gasteiger partial charge in [0.15, 0.2) is 0 Å². The van der Waals surface area contributed by atoms with Gasteiger partial charge in [0.25, 0.3) is 0 Å². The van der Waals surface area contributed by atoms with Crippen molar-refractivity contribution in [3.05, 3.63) is 64.5 Å². The van der Waals surface area contributed by atoms with Crippen LogP contribution >= 0.6 is 0 Å². The van der Waals surface area contributed by atoms with Gasteiger partial charge < -0.3 is 23.4 Å². The molecule has 3 aromatic rings. The summed E-state index contributed by atoms with van der Waals surface area (Å²) in [5, 5.41) is 0.263. The fraction of sp³-hybridized carbons (Fsp3) is 0.227. The molecule has 0 aliphatic carbocycles. The number of benzene rings is 2. The number of hydrogen-bond acceptors (Lipinski definition) is 8. The Balaban J connectivity index is 1.76. The summed E-state index contributed by atoms with van der Waals surface area (Å²) in [4.78, 5) is 36.0. The average Bonchev–Trinajstić information content (AvgIpc) is 2.74. The SMILES string of the molecule is CCCOC(=O)c1ccc(Oc2coc3cc(OC(=O)COC)ccc3c2=O)cc1. The lowest BCUT2D eigenvalue weighted by Gasteiger charge is -2.08. The Kier molecular flexibility index (Phi) is 6.82. The monoisotopic (exact) mass is 412 g/mol. The van der Waals surface area contributed by atoms with E-state index < -0.39 is 17.4 Å². The molecule has 0 bridgehead atoms. The summed E-state index contributed by atoms with van der Waals surface area (Å²) >= 11 is 0. The van der Waals surface area contributed by atoms with Gasteiger partial charge in [0, 0.05) is 13.2 Å². The summed E-state index contributed by atoms with van der Waals surface area (Å²) in [6.07, 6.45) is 1.91. The third-order valence-electron chi connectivity index (χ3n) is 3.96. The van der Waals surface area contributed by atoms with Gasteiger partial charge in [-0.25, -0.2) is 9.59 Å². The van der Waals surface area contributed by atoms with Crippen LogP contribution in [0.4, 0.5) is 0 Å². The third-order valence-corrected chi connectivity index (χ3v) is 3.96. The molecule has 1 heterocycles. The predicted molar refractivity (Wildman–Crippen MR) is 107 cm³/mol. The summed E-state index contributed by atoms with van der Waals surface area (Å²) in [5.74, 6) is -0.421. The molecule has 3 rings (SSSR count). The normalized spacial score (nSPS) is 10.6. The standard InChI is InChI=1S/C22H20O8/c1-3-10-27-22(25)14-4-6-15(7-5-14)29-19-12-28-18-11-16(30-20(23)13-26-2)8-9-17(18)21(19)24/h4-9,11-12H,3,10,13H2,1-2H3. The summed E-state index contributed by atoms with van der Waals surface area (Å²) in [5.41, 5.74) is 0.235. The molecule has 0 fully saturated rings. The smallest absolute Gasteiger partial charge is 0.338 e. The van der Waals surface area contributed by atoms with Gasteiger partial charge in [0.1, 0.15) is 30.0 Å². The van der Waals surface area contributed by atoms with Crippen LogP contribution in [0.15, 0.2) is 57.9 Å². The molecule has 0 radical (unpaired) electrons. The Morgan fingerprint density at radius 1 is 1.03 bits per heavy atom. The van der Waals surface area contributed by atoms with Crippen LogP contribution in [0.2, 0.25) is 0 Å². The summed E-state index contributed by atoms with van der Waals surface area (Å²) in [6.45, 7) is 2.07. The number of hydrogen-bond donors (Lipinski definition) is 0. The first kappa shape index (κ1) is 21.1. The van der Waals surface area contributed by atoms with Crippen molar-refractivity contribution in [1.29, 1.82) is 0 Å². The Bertz CT molecular complexity index is 1100. The molecule has 0 aliphatic rings. The molecule has 0 saturated carbocycles. The van der Waals surface area contributed by atoms with Crippen molar-refractivity contribution >= 4 is 22.9 Å². The maximum atomic E-state index is 12.7. The first-order chi connectivity index (χ1) is 14.5. The molecule has 8 heteroatoms. The van der Waals surface area contributed by atoms with Gasteiger partial charge in [-0.15, -0.1) is 0 Å². The van der Waals surface area contributed by atoms with Gasteiger partial charge in [-0.2, -0.15) is 0 Å². The average molecular weight is 412 g/mol. The lowest BCUT2D eigenvalue weighted by molar-refractivity contribution is -0.138. The first-order valence-corrected chi connectivity index (χ1v) is 9.22. The minimum absolute atomic E-state index is 0.0204. The number of carbonyl (C=O) groups excluding carboxylic acids is 2. The highest BCUT2D eigenvalue weighted by atomic mass is 16.6. The van der Waals surface area contributed by atoms with Gasteiger partial charge in [0.05, 0.1) is 17.6 Å². The number of esters is 2. The summed E-state index contributed by atoms with van der Waals surface area (Å²) in [6, 6.07) is 10.6. The lowest BCUT2D eigenvalue weighted by Crippen LogP contribution is -2.14. The van der Waals surface area contributed by atoms with E-state index in [2.05, 4.69) is 0 Å². The molecule has 0 aliphatic heterocycles. The fourth-order valence-corrected chi connectivity index (χ4v) is 2.57. The van der Waals surface area contributed by atoms with E-state index in [0.29, 0.717) is 17.9 Å². The molecular formula is C22H20O8. The molecule has 0 spiro atoms. The molecule has 156 valence electrons. The zero-order valence-electron chi connectivity index (χ0n) is 16.5. The molecule has 0 unspecified atom stereocenters. The van der Waals surface area contributed by atoms with Crippen LogP contribution in [0.3, 0.4) is 0 Å². The topological polar surface area (TPSA) is 101 Å². The zero-order valence-corrected chi connectivity index (χ0v) is 16.5. The van der Waals surface area contributed by atoms with Crippen LogP contribution in [0.1, 0.15) is 23.7 Å². The van der Waals surface area contributed by atoms with Gasteiger partial charge in [-0.05, 0) is 42.8 Å². The van der Waals surface area contributed by atoms with E-state index in [-0.39, 0.29) is 29.1 Å². The second kappa shape index (κ2) is 9.71. The largest absolute Gasteiger partial charge is 0.462 e. The van der Waals surface area contributed by atoms with Crippen LogP contribution < -0.4 is 14.9 Å². The van der Waals surface area contributed by atoms with Gasteiger partial charge in [0.2, 0.25) is 11.2 Å². The van der Waals surface area contributed by atoms with Crippen LogP contribution in [0, 0.1) is 0 Å². The van der Waals surface area contributed by atoms with Crippen molar-refractivity contribution in [2.24, 2.45) is 0 Å².